The van der Waals surface area contributed by atoms with Crippen molar-refractivity contribution in [1.29, 1.82) is 0 Å². The maximum Gasteiger partial charge on any atom is 0.413 e. The van der Waals surface area contributed by atoms with Gasteiger partial charge in [0.25, 0.3) is 5.89 Å². The first-order valence-electron chi connectivity index (χ1n) is 12.3. The van der Waals surface area contributed by atoms with Crippen LogP contribution in [0.2, 0.25) is 0 Å². The fourth-order valence-corrected chi connectivity index (χ4v) is 4.09. The number of halogens is 2. The van der Waals surface area contributed by atoms with Gasteiger partial charge in [-0.25, -0.2) is 4.79 Å². The molecule has 38 heavy (non-hydrogen) atoms. The minimum Gasteiger partial charge on any atom is -0.410 e. The van der Waals surface area contributed by atoms with Crippen molar-refractivity contribution < 1.29 is 37.2 Å². The normalized spacial score (nSPS) is 17.0. The van der Waals surface area contributed by atoms with Crippen LogP contribution in [0.4, 0.5) is 13.6 Å². The summed E-state index contributed by atoms with van der Waals surface area (Å²) in [6.07, 6.45) is -2.97. The molecule has 2 aromatic rings. The summed E-state index contributed by atoms with van der Waals surface area (Å²) >= 11 is 0. The van der Waals surface area contributed by atoms with Crippen LogP contribution in [0.1, 0.15) is 63.5 Å². The number of carbonyl (C=O) groups is 4. The number of ketones is 1. The number of Topliss-reactive ketones (excluding diaryl/α,β-unsaturated/α-hetero) is 1. The first kappa shape index (κ1) is 28.7. The molecule has 11 nitrogen and oxygen atoms in total. The van der Waals surface area contributed by atoms with Crippen LogP contribution in [0.5, 0.6) is 5.75 Å². The Kier molecular flexibility index (Phi) is 9.48. The van der Waals surface area contributed by atoms with Crippen LogP contribution < -0.4 is 15.4 Å². The zero-order chi connectivity index (χ0) is 28.0. The summed E-state index contributed by atoms with van der Waals surface area (Å²) in [5, 5.41) is 8.51. The van der Waals surface area contributed by atoms with Gasteiger partial charge in [0, 0.05) is 6.54 Å². The summed E-state index contributed by atoms with van der Waals surface area (Å²) < 4.78 is 35.2. The molecule has 2 heterocycles. The average molecular weight is 536 g/mol. The van der Waals surface area contributed by atoms with E-state index >= 15 is 0 Å². The number of ether oxygens (including phenoxy) is 1. The van der Waals surface area contributed by atoms with Gasteiger partial charge in [-0.15, -0.1) is 0 Å². The molecule has 1 aliphatic rings. The molecule has 0 bridgehead atoms. The van der Waals surface area contributed by atoms with Gasteiger partial charge in [-0.05, 0) is 36.8 Å². The number of hydrogen-bond acceptors (Lipinski definition) is 8. The predicted octanol–water partition coefficient (Wildman–Crippen LogP) is 3.13. The lowest BCUT2D eigenvalue weighted by molar-refractivity contribution is -0.140. The summed E-state index contributed by atoms with van der Waals surface area (Å²) in [6, 6.07) is 5.37. The summed E-state index contributed by atoms with van der Waals surface area (Å²) in [5.41, 5.74) is 0. The molecule has 0 unspecified atom stereocenters. The van der Waals surface area contributed by atoms with E-state index in [9.17, 15) is 28.0 Å². The number of para-hydroxylation sites is 1. The molecule has 0 aliphatic carbocycles. The summed E-state index contributed by atoms with van der Waals surface area (Å²) in [7, 11) is 0. The van der Waals surface area contributed by atoms with E-state index < -0.39 is 65.9 Å². The quantitative estimate of drug-likeness (QED) is 0.442. The summed E-state index contributed by atoms with van der Waals surface area (Å²) in [6.45, 7) is 7.10. The summed E-state index contributed by atoms with van der Waals surface area (Å²) in [5.74, 6) is -3.85. The number of benzene rings is 1. The number of alkyl halides is 2. The highest BCUT2D eigenvalue weighted by molar-refractivity contribution is 6.00. The number of nitrogens with one attached hydrogen (secondary N) is 2. The lowest BCUT2D eigenvalue weighted by Crippen LogP contribution is -2.57. The van der Waals surface area contributed by atoms with Gasteiger partial charge < -0.3 is 24.8 Å². The Labute approximate surface area is 218 Å². The van der Waals surface area contributed by atoms with Gasteiger partial charge in [-0.2, -0.15) is 13.8 Å². The Bertz CT molecular complexity index is 1140. The van der Waals surface area contributed by atoms with E-state index in [1.54, 1.807) is 58.0 Å². The maximum atomic E-state index is 13.4. The summed E-state index contributed by atoms with van der Waals surface area (Å²) in [4.78, 5) is 56.8. The van der Waals surface area contributed by atoms with Gasteiger partial charge in [0.1, 0.15) is 17.8 Å². The van der Waals surface area contributed by atoms with Crippen molar-refractivity contribution in [3.05, 3.63) is 42.0 Å². The Morgan fingerprint density at radius 2 is 1.68 bits per heavy atom. The second kappa shape index (κ2) is 12.6. The molecule has 206 valence electrons. The van der Waals surface area contributed by atoms with E-state index in [2.05, 4.69) is 25.3 Å². The molecular formula is C25H31F2N5O6. The monoisotopic (exact) mass is 535 g/mol. The lowest BCUT2D eigenvalue weighted by atomic mass is 9.98. The SMILES string of the molecule is CC(C)[C@H](NC(=O)Oc1ccccc1)C(=O)N1CCC[C@H]1C(=O)N[C@@H](C(=O)c1noc(C(F)F)n1)C(C)C. The molecular weight excluding hydrogens is 504 g/mol. The van der Waals surface area contributed by atoms with Gasteiger partial charge in [0.15, 0.2) is 0 Å². The van der Waals surface area contributed by atoms with Crippen LogP contribution in [0.3, 0.4) is 0 Å². The second-order valence-corrected chi connectivity index (χ2v) is 9.61. The maximum absolute atomic E-state index is 13.4. The number of carbonyl (C=O) groups excluding carboxylic acids is 4. The molecule has 1 aromatic heterocycles. The molecule has 3 amide bonds. The molecule has 1 saturated heterocycles. The van der Waals surface area contributed by atoms with Crippen molar-refractivity contribution in [2.24, 2.45) is 11.8 Å². The first-order chi connectivity index (χ1) is 18.0. The number of amides is 3. The Balaban J connectivity index is 1.70. The lowest BCUT2D eigenvalue weighted by Gasteiger charge is -2.31. The molecule has 1 aromatic carbocycles. The van der Waals surface area contributed by atoms with E-state index in [0.29, 0.717) is 18.6 Å². The Morgan fingerprint density at radius 1 is 1.03 bits per heavy atom. The van der Waals surface area contributed by atoms with Crippen molar-refractivity contribution in [3.8, 4) is 5.75 Å². The topological polar surface area (TPSA) is 144 Å². The largest absolute Gasteiger partial charge is 0.413 e. The van der Waals surface area contributed by atoms with Crippen molar-refractivity contribution in [2.75, 3.05) is 6.54 Å². The molecule has 0 radical (unpaired) electrons. The molecule has 3 atom stereocenters. The van der Waals surface area contributed by atoms with Crippen molar-refractivity contribution in [3.63, 3.8) is 0 Å². The van der Waals surface area contributed by atoms with Gasteiger partial charge in [-0.3, -0.25) is 14.4 Å². The highest BCUT2D eigenvalue weighted by Gasteiger charge is 2.40. The molecule has 1 aliphatic heterocycles. The van der Waals surface area contributed by atoms with E-state index in [1.807, 2.05) is 0 Å². The molecule has 0 spiro atoms. The molecule has 0 saturated carbocycles. The minimum absolute atomic E-state index is 0.276. The Morgan fingerprint density at radius 3 is 2.26 bits per heavy atom. The minimum atomic E-state index is -3.04. The number of aromatic nitrogens is 2. The van der Waals surface area contributed by atoms with E-state index in [1.165, 1.54) is 4.90 Å². The fraction of sp³-hybridized carbons (Fsp3) is 0.520. The number of likely N-dealkylation sites (tertiary alicyclic amines) is 1. The zero-order valence-corrected chi connectivity index (χ0v) is 21.5. The molecule has 3 rings (SSSR count). The Hall–Kier alpha value is -3.90. The van der Waals surface area contributed by atoms with Gasteiger partial charge in [0.05, 0.1) is 6.04 Å². The van der Waals surface area contributed by atoms with Crippen molar-refractivity contribution in [2.45, 2.75) is 65.1 Å². The third kappa shape index (κ3) is 6.90. The highest BCUT2D eigenvalue weighted by atomic mass is 19.3. The van der Waals surface area contributed by atoms with Crippen LogP contribution in [0.15, 0.2) is 34.9 Å². The molecule has 2 N–H and O–H groups in total. The van der Waals surface area contributed by atoms with Gasteiger partial charge in [0.2, 0.25) is 23.4 Å². The van der Waals surface area contributed by atoms with Gasteiger partial charge in [-0.1, -0.05) is 51.1 Å². The zero-order valence-electron chi connectivity index (χ0n) is 21.5. The van der Waals surface area contributed by atoms with Crippen LogP contribution in [-0.2, 0) is 9.59 Å². The van der Waals surface area contributed by atoms with Gasteiger partial charge >= 0.3 is 12.5 Å². The van der Waals surface area contributed by atoms with Crippen LogP contribution in [-0.4, -0.2) is 63.4 Å². The van der Waals surface area contributed by atoms with E-state index in [4.69, 9.17) is 4.74 Å². The van der Waals surface area contributed by atoms with Crippen molar-refractivity contribution in [1.82, 2.24) is 25.7 Å². The third-order valence-corrected chi connectivity index (χ3v) is 6.09. The van der Waals surface area contributed by atoms with Crippen LogP contribution >= 0.6 is 0 Å². The van der Waals surface area contributed by atoms with E-state index in [-0.39, 0.29) is 12.5 Å². The molecule has 1 fully saturated rings. The number of nitrogens with zero attached hydrogens (tertiary/aromatic N) is 3. The van der Waals surface area contributed by atoms with E-state index in [0.717, 1.165) is 0 Å². The smallest absolute Gasteiger partial charge is 0.410 e. The standard InChI is InChI=1S/C25H31F2N5O6/c1-13(2)17(19(33)21-30-23(20(26)27)38-31-21)28-22(34)16-11-8-12-32(16)24(35)18(14(3)4)29-25(36)37-15-9-6-5-7-10-15/h5-7,9-10,13-14,16-18,20H,8,11-12H2,1-4H3,(H,28,34)(H,29,36)/t16-,17+,18-/m0/s1. The van der Waals surface area contributed by atoms with Crippen LogP contribution in [0, 0.1) is 11.8 Å². The second-order valence-electron chi connectivity index (χ2n) is 9.61. The third-order valence-electron chi connectivity index (χ3n) is 6.09. The number of hydrogen-bond donors (Lipinski definition) is 2. The fourth-order valence-electron chi connectivity index (χ4n) is 4.09. The highest BCUT2D eigenvalue weighted by Crippen LogP contribution is 2.22. The first-order valence-corrected chi connectivity index (χ1v) is 12.3. The van der Waals surface area contributed by atoms with Crippen molar-refractivity contribution >= 4 is 23.7 Å². The average Bonchev–Trinajstić information content (AvgIpc) is 3.56. The predicted molar refractivity (Wildman–Crippen MR) is 129 cm³/mol. The number of rotatable bonds is 10. The molecule has 13 heteroatoms. The van der Waals surface area contributed by atoms with Crippen LogP contribution in [0.25, 0.3) is 0 Å².